The Labute approximate surface area is 391 Å². The van der Waals surface area contributed by atoms with E-state index in [1.54, 1.807) is 23.5 Å². The van der Waals surface area contributed by atoms with Crippen LogP contribution in [0.2, 0.25) is 12.1 Å². The quantitative estimate of drug-likeness (QED) is 0.0197. The Balaban J connectivity index is 1.21. The number of nitrogens with zero attached hydrogens (tertiary/aromatic N) is 2. The minimum absolute atomic E-state index is 0.364. The summed E-state index contributed by atoms with van der Waals surface area (Å²) in [5, 5.41) is 10.2. The Hall–Kier alpha value is -3.05. The largest absolute Gasteiger partial charge is 0.500 e. The van der Waals surface area contributed by atoms with Crippen LogP contribution in [0, 0.1) is 0 Å². The number of unbranched alkanes of at least 4 members (excludes halogenated alkanes) is 4. The number of amides is 2. The molecule has 2 amide bonds. The third-order valence-electron chi connectivity index (χ3n) is 10.1. The number of hydrogen-bond acceptors (Lipinski definition) is 14. The lowest BCUT2D eigenvalue weighted by molar-refractivity contribution is 0.0698. The monoisotopic (exact) mass is 960 g/mol. The molecule has 2 N–H and O–H groups in total. The van der Waals surface area contributed by atoms with Gasteiger partial charge in [0, 0.05) is 97.8 Å². The molecule has 2 aromatic heterocycles. The van der Waals surface area contributed by atoms with Gasteiger partial charge >= 0.3 is 29.8 Å². The summed E-state index contributed by atoms with van der Waals surface area (Å²) < 4.78 is 46.5. The zero-order valence-corrected chi connectivity index (χ0v) is 42.6. The van der Waals surface area contributed by atoms with Gasteiger partial charge in [-0.3, -0.25) is 9.97 Å². The van der Waals surface area contributed by atoms with E-state index in [1.807, 2.05) is 53.9 Å². The molecule has 0 radical (unpaired) electrons. The van der Waals surface area contributed by atoms with Gasteiger partial charge in [-0.1, -0.05) is 24.3 Å². The molecule has 0 saturated heterocycles. The molecule has 0 aliphatic rings. The average Bonchev–Trinajstić information content (AvgIpc) is 3.29. The van der Waals surface area contributed by atoms with Crippen molar-refractivity contribution in [1.82, 2.24) is 20.6 Å². The second kappa shape index (κ2) is 30.3. The van der Waals surface area contributed by atoms with Crippen LogP contribution in [-0.2, 0) is 36.0 Å². The van der Waals surface area contributed by atoms with E-state index in [-0.39, 0.29) is 12.2 Å². The van der Waals surface area contributed by atoms with Gasteiger partial charge in [0.2, 0.25) is 0 Å². The fourth-order valence-corrected chi connectivity index (χ4v) is 15.0. The summed E-state index contributed by atoms with van der Waals surface area (Å²) in [4.78, 5) is 36.8. The van der Waals surface area contributed by atoms with E-state index in [4.69, 9.17) is 46.0 Å². The zero-order valence-electron chi connectivity index (χ0n) is 39.0. The highest BCUT2D eigenvalue weighted by Gasteiger charge is 2.40. The lowest BCUT2D eigenvalue weighted by Crippen LogP contribution is -2.46. The summed E-state index contributed by atoms with van der Waals surface area (Å²) in [6, 6.07) is 14.1. The number of nitrogens with one attached hydrogen (secondary N) is 2. The second-order valence-electron chi connectivity index (χ2n) is 14.7. The van der Waals surface area contributed by atoms with E-state index in [0.717, 1.165) is 117 Å². The lowest BCUT2D eigenvalue weighted by atomic mass is 10.00. The van der Waals surface area contributed by atoms with Gasteiger partial charge < -0.3 is 46.7 Å². The highest BCUT2D eigenvalue weighted by molar-refractivity contribution is 7.99. The molecule has 0 saturated carbocycles. The van der Waals surface area contributed by atoms with Crippen molar-refractivity contribution in [1.29, 1.82) is 0 Å². The lowest BCUT2D eigenvalue weighted by Gasteiger charge is -2.28. The van der Waals surface area contributed by atoms with E-state index in [2.05, 4.69) is 47.0 Å². The van der Waals surface area contributed by atoms with Gasteiger partial charge in [0.05, 0.1) is 24.2 Å². The topological polar surface area (TPSA) is 158 Å². The number of rotatable bonds is 34. The first-order valence-electron chi connectivity index (χ1n) is 23.3. The molecule has 0 aliphatic carbocycles. The van der Waals surface area contributed by atoms with Crippen molar-refractivity contribution in [2.24, 2.45) is 0 Å². The molecular weight excluding hydrogens is 889 g/mol. The summed E-state index contributed by atoms with van der Waals surface area (Å²) in [5.74, 6) is 1.74. The molecule has 0 aliphatic heterocycles. The standard InChI is InChI=1S/C46H72N4O10S2Si2/c1-7-55-63(56-8-2,57-9-3)35-21-15-27-49-45(51)53-31-17-19-33-61-39-25-29-47-43-41(39)37-23-13-14-24-38(37)42-40(26-30-48-44(42)43)62-34-20-18-32-54-46(52)50-28-16-22-36-64(58-10-4,59-11-5)60-12-6/h13-14,23-26,29-30H,7-12,15-22,27-28,31-36H2,1-6H3,(H,49,51)(H,50,52). The number of carbonyl (C=O) groups excluding carboxylic acids is 2. The van der Waals surface area contributed by atoms with Crippen LogP contribution in [-0.4, -0.2) is 117 Å². The highest BCUT2D eigenvalue weighted by Crippen LogP contribution is 2.41. The second-order valence-corrected chi connectivity index (χ2v) is 22.5. The van der Waals surface area contributed by atoms with E-state index in [0.29, 0.717) is 65.9 Å². The van der Waals surface area contributed by atoms with Crippen molar-refractivity contribution < 1.29 is 45.6 Å². The number of benzene rings is 2. The summed E-state index contributed by atoms with van der Waals surface area (Å²) in [6.07, 6.45) is 9.53. The first kappa shape index (κ1) is 53.6. The fraction of sp³-hybridized carbons (Fsp3) is 0.609. The third kappa shape index (κ3) is 17.0. The molecule has 14 nitrogen and oxygen atoms in total. The van der Waals surface area contributed by atoms with Crippen molar-refractivity contribution in [3.63, 3.8) is 0 Å². The van der Waals surface area contributed by atoms with Crippen molar-refractivity contribution in [3.05, 3.63) is 48.8 Å². The molecule has 2 heterocycles. The number of fused-ring (bicyclic) bond motifs is 6. The van der Waals surface area contributed by atoms with Gasteiger partial charge in [0.1, 0.15) is 0 Å². The summed E-state index contributed by atoms with van der Waals surface area (Å²) in [6.45, 7) is 16.8. The van der Waals surface area contributed by atoms with Gasteiger partial charge in [-0.2, -0.15) is 0 Å². The first-order chi connectivity index (χ1) is 31.3. The highest BCUT2D eigenvalue weighted by atomic mass is 32.2. The van der Waals surface area contributed by atoms with Crippen LogP contribution >= 0.6 is 23.5 Å². The molecule has 0 spiro atoms. The smallest absolute Gasteiger partial charge is 0.450 e. The van der Waals surface area contributed by atoms with E-state index < -0.39 is 17.6 Å². The number of aromatic nitrogens is 2. The number of alkyl carbamates (subject to hydrolysis) is 2. The molecule has 0 bridgehead atoms. The van der Waals surface area contributed by atoms with E-state index in [1.165, 1.54) is 0 Å². The first-order valence-corrected chi connectivity index (χ1v) is 29.1. The number of thioether (sulfide) groups is 2. The summed E-state index contributed by atoms with van der Waals surface area (Å²) in [5.41, 5.74) is 1.78. The molecule has 0 unspecified atom stereocenters. The van der Waals surface area contributed by atoms with Crippen molar-refractivity contribution in [3.8, 4) is 0 Å². The number of ether oxygens (including phenoxy) is 2. The molecule has 64 heavy (non-hydrogen) atoms. The Kier molecular flexibility index (Phi) is 25.3. The van der Waals surface area contributed by atoms with E-state index >= 15 is 0 Å². The Morgan fingerprint density at radius 2 is 0.891 bits per heavy atom. The van der Waals surface area contributed by atoms with Crippen LogP contribution in [0.5, 0.6) is 0 Å². The molecule has 2 aromatic carbocycles. The van der Waals surface area contributed by atoms with Crippen LogP contribution in [0.1, 0.15) is 92.9 Å². The summed E-state index contributed by atoms with van der Waals surface area (Å²) in [7, 11) is -5.33. The maximum atomic E-state index is 12.3. The molecule has 0 atom stereocenters. The van der Waals surface area contributed by atoms with Gasteiger partial charge in [0.25, 0.3) is 0 Å². The van der Waals surface area contributed by atoms with Crippen LogP contribution in [0.15, 0.2) is 58.6 Å². The molecule has 4 rings (SSSR count). The minimum Gasteiger partial charge on any atom is -0.450 e. The minimum atomic E-state index is -2.67. The SMILES string of the molecule is CCO[Si](CCCCNC(=O)OCCCCSc1ccnc2c3nccc(SCCCCOC(=O)NCCCC[Si](OCC)(OCC)OCC)c3c3ccccc3c12)(OCC)OCC. The van der Waals surface area contributed by atoms with Crippen LogP contribution in [0.4, 0.5) is 9.59 Å². The molecule has 18 heteroatoms. The van der Waals surface area contributed by atoms with Gasteiger partial charge in [0.15, 0.2) is 0 Å². The predicted molar refractivity (Wildman–Crippen MR) is 263 cm³/mol. The van der Waals surface area contributed by atoms with Gasteiger partial charge in [-0.15, -0.1) is 23.5 Å². The number of carbonyl (C=O) groups is 2. The predicted octanol–water partition coefficient (Wildman–Crippen LogP) is 10.8. The Bertz CT molecular complexity index is 1770. The van der Waals surface area contributed by atoms with Crippen LogP contribution < -0.4 is 10.6 Å². The zero-order chi connectivity index (χ0) is 45.9. The molecular formula is C46H72N4O10S2Si2. The molecule has 4 aromatic rings. The maximum Gasteiger partial charge on any atom is 0.500 e. The Morgan fingerprint density at radius 3 is 1.25 bits per heavy atom. The molecule has 356 valence electrons. The van der Waals surface area contributed by atoms with Crippen LogP contribution in [0.25, 0.3) is 32.6 Å². The Morgan fingerprint density at radius 1 is 0.516 bits per heavy atom. The molecule has 0 fully saturated rings. The summed E-state index contributed by atoms with van der Waals surface area (Å²) >= 11 is 3.59. The third-order valence-corrected chi connectivity index (χ3v) is 18.7. The average molecular weight is 961 g/mol. The fourth-order valence-electron chi connectivity index (χ4n) is 7.45. The van der Waals surface area contributed by atoms with Gasteiger partial charge in [-0.25, -0.2) is 9.59 Å². The number of hydrogen-bond donors (Lipinski definition) is 2. The van der Waals surface area contributed by atoms with Crippen LogP contribution in [0.3, 0.4) is 0 Å². The number of pyridine rings is 2. The normalized spacial score (nSPS) is 12.0. The van der Waals surface area contributed by atoms with Gasteiger partial charge in [-0.05, 0) is 127 Å². The van der Waals surface area contributed by atoms with Crippen molar-refractivity contribution >= 4 is 85.9 Å². The maximum absolute atomic E-state index is 12.3. The van der Waals surface area contributed by atoms with Crippen molar-refractivity contribution in [2.45, 2.75) is 115 Å². The van der Waals surface area contributed by atoms with Crippen molar-refractivity contribution in [2.75, 3.05) is 77.5 Å². The van der Waals surface area contributed by atoms with E-state index in [9.17, 15) is 9.59 Å².